The molecule has 0 amide bonds. The normalized spacial score (nSPS) is 19.5. The fraction of sp³-hybridized carbons (Fsp3) is 0.455. The fourth-order valence-corrected chi connectivity index (χ4v) is 1.84. The zero-order chi connectivity index (χ0) is 10.8. The molecular weight excluding hydrogens is 192 g/mol. The predicted molar refractivity (Wildman–Crippen MR) is 55.4 cm³/mol. The van der Waals surface area contributed by atoms with Gasteiger partial charge in [-0.15, -0.1) is 0 Å². The molecule has 0 spiro atoms. The maximum absolute atomic E-state index is 10.6. The molecule has 15 heavy (non-hydrogen) atoms. The SMILES string of the molecule is CC(c1ccncc1)N1CC(C(=O)O)C1. The first-order valence-electron chi connectivity index (χ1n) is 5.05. The highest BCUT2D eigenvalue weighted by molar-refractivity contribution is 5.71. The number of nitrogens with zero attached hydrogens (tertiary/aromatic N) is 2. The van der Waals surface area contributed by atoms with Gasteiger partial charge >= 0.3 is 5.97 Å². The number of rotatable bonds is 3. The van der Waals surface area contributed by atoms with Gasteiger partial charge in [0.25, 0.3) is 0 Å². The molecular formula is C11H14N2O2. The van der Waals surface area contributed by atoms with E-state index in [1.54, 1.807) is 12.4 Å². The minimum atomic E-state index is -0.687. The molecule has 1 aliphatic heterocycles. The van der Waals surface area contributed by atoms with E-state index < -0.39 is 5.97 Å². The largest absolute Gasteiger partial charge is 0.481 e. The second-order valence-corrected chi connectivity index (χ2v) is 3.95. The van der Waals surface area contributed by atoms with Crippen molar-refractivity contribution in [1.29, 1.82) is 0 Å². The van der Waals surface area contributed by atoms with Crippen LogP contribution in [-0.2, 0) is 4.79 Å². The van der Waals surface area contributed by atoms with Crippen molar-refractivity contribution in [3.05, 3.63) is 30.1 Å². The number of hydrogen-bond acceptors (Lipinski definition) is 3. The van der Waals surface area contributed by atoms with Crippen molar-refractivity contribution in [2.45, 2.75) is 13.0 Å². The first-order chi connectivity index (χ1) is 7.18. The summed E-state index contributed by atoms with van der Waals surface area (Å²) in [6.45, 7) is 3.39. The molecule has 2 rings (SSSR count). The Morgan fingerprint density at radius 2 is 2.13 bits per heavy atom. The van der Waals surface area contributed by atoms with Crippen LogP contribution in [0.15, 0.2) is 24.5 Å². The minimum absolute atomic E-state index is 0.186. The number of pyridine rings is 1. The second kappa shape index (κ2) is 3.98. The van der Waals surface area contributed by atoms with Crippen LogP contribution in [0.25, 0.3) is 0 Å². The standard InChI is InChI=1S/C11H14N2O2/c1-8(9-2-4-12-5-3-9)13-6-10(7-13)11(14)15/h2-5,8,10H,6-7H2,1H3,(H,14,15). The maximum atomic E-state index is 10.6. The molecule has 0 bridgehead atoms. The summed E-state index contributed by atoms with van der Waals surface area (Å²) in [5.74, 6) is -0.873. The Hall–Kier alpha value is -1.42. The van der Waals surface area contributed by atoms with Gasteiger partial charge in [-0.1, -0.05) is 0 Å². The van der Waals surface area contributed by atoms with Crippen LogP contribution in [0.3, 0.4) is 0 Å². The van der Waals surface area contributed by atoms with Crippen molar-refractivity contribution in [3.63, 3.8) is 0 Å². The molecule has 0 saturated carbocycles. The van der Waals surface area contributed by atoms with Crippen LogP contribution in [0.2, 0.25) is 0 Å². The summed E-state index contributed by atoms with van der Waals surface area (Å²) in [7, 11) is 0. The maximum Gasteiger partial charge on any atom is 0.309 e. The molecule has 2 heterocycles. The molecule has 0 radical (unpaired) electrons. The van der Waals surface area contributed by atoms with Crippen LogP contribution in [0.1, 0.15) is 18.5 Å². The quantitative estimate of drug-likeness (QED) is 0.806. The molecule has 4 nitrogen and oxygen atoms in total. The Balaban J connectivity index is 1.95. The average molecular weight is 206 g/mol. The van der Waals surface area contributed by atoms with Crippen molar-refractivity contribution >= 4 is 5.97 Å². The average Bonchev–Trinajstić information content (AvgIpc) is 2.16. The van der Waals surface area contributed by atoms with Gasteiger partial charge in [-0.3, -0.25) is 14.7 Å². The number of aromatic nitrogens is 1. The topological polar surface area (TPSA) is 53.4 Å². The van der Waals surface area contributed by atoms with E-state index in [1.807, 2.05) is 12.1 Å². The summed E-state index contributed by atoms with van der Waals surface area (Å²) in [5, 5.41) is 8.77. The molecule has 1 unspecified atom stereocenters. The zero-order valence-electron chi connectivity index (χ0n) is 8.63. The lowest BCUT2D eigenvalue weighted by Gasteiger charge is -2.41. The van der Waals surface area contributed by atoms with Crippen molar-refractivity contribution in [1.82, 2.24) is 9.88 Å². The van der Waals surface area contributed by atoms with Crippen LogP contribution in [0.5, 0.6) is 0 Å². The van der Waals surface area contributed by atoms with Gasteiger partial charge in [-0.2, -0.15) is 0 Å². The van der Waals surface area contributed by atoms with E-state index in [-0.39, 0.29) is 12.0 Å². The van der Waals surface area contributed by atoms with E-state index in [0.29, 0.717) is 13.1 Å². The second-order valence-electron chi connectivity index (χ2n) is 3.95. The number of carboxylic acids is 1. The third-order valence-corrected chi connectivity index (χ3v) is 3.00. The Morgan fingerprint density at radius 1 is 1.53 bits per heavy atom. The fourth-order valence-electron chi connectivity index (χ4n) is 1.84. The molecule has 80 valence electrons. The molecule has 1 atom stereocenters. The van der Waals surface area contributed by atoms with Crippen LogP contribution >= 0.6 is 0 Å². The van der Waals surface area contributed by atoms with Gasteiger partial charge < -0.3 is 5.11 Å². The molecule has 1 fully saturated rings. The van der Waals surface area contributed by atoms with E-state index in [0.717, 1.165) is 0 Å². The van der Waals surface area contributed by atoms with Crippen molar-refractivity contribution in [3.8, 4) is 0 Å². The van der Waals surface area contributed by atoms with Gasteiger partial charge in [-0.25, -0.2) is 0 Å². The molecule has 1 aromatic rings. The Bertz CT molecular complexity index is 347. The molecule has 0 aromatic carbocycles. The number of hydrogen-bond donors (Lipinski definition) is 1. The highest BCUT2D eigenvalue weighted by Crippen LogP contribution is 2.27. The van der Waals surface area contributed by atoms with Crippen molar-refractivity contribution in [2.24, 2.45) is 5.92 Å². The number of likely N-dealkylation sites (tertiary alicyclic amines) is 1. The van der Waals surface area contributed by atoms with E-state index in [4.69, 9.17) is 5.11 Å². The highest BCUT2D eigenvalue weighted by atomic mass is 16.4. The van der Waals surface area contributed by atoms with Crippen LogP contribution in [-0.4, -0.2) is 34.0 Å². The molecule has 1 saturated heterocycles. The third-order valence-electron chi connectivity index (χ3n) is 3.00. The summed E-state index contributed by atoms with van der Waals surface area (Å²) in [4.78, 5) is 16.8. The molecule has 1 aliphatic rings. The van der Waals surface area contributed by atoms with E-state index in [2.05, 4.69) is 16.8 Å². The lowest BCUT2D eigenvalue weighted by Crippen LogP contribution is -2.51. The molecule has 4 heteroatoms. The van der Waals surface area contributed by atoms with Gasteiger partial charge in [0.15, 0.2) is 0 Å². The number of carbonyl (C=O) groups is 1. The van der Waals surface area contributed by atoms with E-state index >= 15 is 0 Å². The molecule has 1 aromatic heterocycles. The third kappa shape index (κ3) is 1.99. The zero-order valence-corrected chi connectivity index (χ0v) is 8.63. The molecule has 0 aliphatic carbocycles. The number of aliphatic carboxylic acids is 1. The van der Waals surface area contributed by atoms with Crippen molar-refractivity contribution in [2.75, 3.05) is 13.1 Å². The lowest BCUT2D eigenvalue weighted by molar-refractivity contribution is -0.148. The van der Waals surface area contributed by atoms with Crippen LogP contribution in [0.4, 0.5) is 0 Å². The number of carboxylic acid groups (broad SMARTS) is 1. The Morgan fingerprint density at radius 3 is 2.67 bits per heavy atom. The summed E-state index contributed by atoms with van der Waals surface area (Å²) in [6.07, 6.45) is 3.53. The van der Waals surface area contributed by atoms with Gasteiger partial charge in [0.2, 0.25) is 0 Å². The van der Waals surface area contributed by atoms with Crippen LogP contribution < -0.4 is 0 Å². The van der Waals surface area contributed by atoms with Crippen molar-refractivity contribution < 1.29 is 9.90 Å². The molecule has 1 N–H and O–H groups in total. The first kappa shape index (κ1) is 10.1. The summed E-state index contributed by atoms with van der Waals surface area (Å²) >= 11 is 0. The van der Waals surface area contributed by atoms with Gasteiger partial charge in [0.1, 0.15) is 0 Å². The van der Waals surface area contributed by atoms with E-state index in [1.165, 1.54) is 5.56 Å². The Kier molecular flexibility index (Phi) is 2.68. The van der Waals surface area contributed by atoms with Gasteiger partial charge in [-0.05, 0) is 24.6 Å². The lowest BCUT2D eigenvalue weighted by atomic mass is 9.96. The summed E-state index contributed by atoms with van der Waals surface area (Å²) in [5.41, 5.74) is 1.19. The first-order valence-corrected chi connectivity index (χ1v) is 5.05. The monoisotopic (exact) mass is 206 g/mol. The van der Waals surface area contributed by atoms with Gasteiger partial charge in [0, 0.05) is 31.5 Å². The predicted octanol–water partition coefficient (Wildman–Crippen LogP) is 1.16. The minimum Gasteiger partial charge on any atom is -0.481 e. The summed E-state index contributed by atoms with van der Waals surface area (Å²) < 4.78 is 0. The van der Waals surface area contributed by atoms with Crippen LogP contribution in [0, 0.1) is 5.92 Å². The Labute approximate surface area is 88.6 Å². The van der Waals surface area contributed by atoms with Gasteiger partial charge in [0.05, 0.1) is 5.92 Å². The highest BCUT2D eigenvalue weighted by Gasteiger charge is 2.35. The smallest absolute Gasteiger partial charge is 0.309 e. The van der Waals surface area contributed by atoms with E-state index in [9.17, 15) is 4.79 Å². The summed E-state index contributed by atoms with van der Waals surface area (Å²) in [6, 6.07) is 4.22.